The van der Waals surface area contributed by atoms with Gasteiger partial charge in [0.15, 0.2) is 6.61 Å². The van der Waals surface area contributed by atoms with Gasteiger partial charge in [0.05, 0.1) is 16.5 Å². The minimum absolute atomic E-state index is 0.0631. The first-order valence-electron chi connectivity index (χ1n) is 7.43. The molecular weight excluding hydrogens is 325 g/mol. The molecule has 0 atom stereocenters. The van der Waals surface area contributed by atoms with Crippen molar-refractivity contribution >= 4 is 35.1 Å². The largest absolute Gasteiger partial charge is 0.455 e. The number of benzene rings is 1. The number of hydrogen-bond acceptors (Lipinski definition) is 3. The van der Waals surface area contributed by atoms with Crippen LogP contribution in [0.5, 0.6) is 0 Å². The number of carbonyl (C=O) groups is 2. The van der Waals surface area contributed by atoms with Crippen molar-refractivity contribution in [1.82, 2.24) is 5.32 Å². The van der Waals surface area contributed by atoms with Gasteiger partial charge in [-0.3, -0.25) is 9.59 Å². The maximum absolute atomic E-state index is 11.7. The maximum Gasteiger partial charge on any atom is 0.310 e. The topological polar surface area (TPSA) is 55.4 Å². The summed E-state index contributed by atoms with van der Waals surface area (Å²) in [6.45, 7) is -0.239. The lowest BCUT2D eigenvalue weighted by Gasteiger charge is -2.22. The van der Waals surface area contributed by atoms with Crippen molar-refractivity contribution in [3.8, 4) is 0 Å². The Balaban J connectivity index is 1.72. The zero-order chi connectivity index (χ0) is 15.9. The molecule has 2 rings (SSSR count). The third-order valence-electron chi connectivity index (χ3n) is 3.67. The second kappa shape index (κ2) is 8.39. The lowest BCUT2D eigenvalue weighted by Crippen LogP contribution is -2.38. The van der Waals surface area contributed by atoms with Gasteiger partial charge in [-0.2, -0.15) is 0 Å². The third kappa shape index (κ3) is 5.50. The second-order valence-corrected chi connectivity index (χ2v) is 6.30. The van der Waals surface area contributed by atoms with Gasteiger partial charge in [0.25, 0.3) is 5.91 Å². The van der Waals surface area contributed by atoms with Crippen molar-refractivity contribution in [1.29, 1.82) is 0 Å². The number of halogens is 2. The standard InChI is InChI=1S/C16H19Cl2NO3/c17-13-7-6-11(8-14(13)18)9-16(21)22-10-15(20)19-12-4-2-1-3-5-12/h6-8,12H,1-5,9-10H2,(H,19,20). The van der Waals surface area contributed by atoms with Gasteiger partial charge in [0, 0.05) is 6.04 Å². The summed E-state index contributed by atoms with van der Waals surface area (Å²) >= 11 is 11.7. The summed E-state index contributed by atoms with van der Waals surface area (Å²) in [5.74, 6) is -0.702. The number of amides is 1. The van der Waals surface area contributed by atoms with E-state index < -0.39 is 5.97 Å². The van der Waals surface area contributed by atoms with Crippen LogP contribution in [0, 0.1) is 0 Å². The fourth-order valence-electron chi connectivity index (χ4n) is 2.53. The summed E-state index contributed by atoms with van der Waals surface area (Å²) < 4.78 is 4.99. The SMILES string of the molecule is O=C(COC(=O)Cc1ccc(Cl)c(Cl)c1)NC1CCCCC1. The Kier molecular flexibility index (Phi) is 6.52. The van der Waals surface area contributed by atoms with Gasteiger partial charge in [-0.15, -0.1) is 0 Å². The molecule has 1 aromatic rings. The zero-order valence-corrected chi connectivity index (χ0v) is 13.8. The summed E-state index contributed by atoms with van der Waals surface area (Å²) in [4.78, 5) is 23.5. The van der Waals surface area contributed by atoms with Gasteiger partial charge in [0.2, 0.25) is 0 Å². The molecule has 1 amide bonds. The summed E-state index contributed by atoms with van der Waals surface area (Å²) in [5, 5.41) is 3.73. The Morgan fingerprint density at radius 2 is 1.86 bits per heavy atom. The van der Waals surface area contributed by atoms with E-state index in [1.54, 1.807) is 18.2 Å². The monoisotopic (exact) mass is 343 g/mol. The predicted octanol–water partition coefficient (Wildman–Crippen LogP) is 3.53. The van der Waals surface area contributed by atoms with E-state index in [1.165, 1.54) is 6.42 Å². The fraction of sp³-hybridized carbons (Fsp3) is 0.500. The van der Waals surface area contributed by atoms with Crippen molar-refractivity contribution in [3.05, 3.63) is 33.8 Å². The second-order valence-electron chi connectivity index (χ2n) is 5.49. The highest BCUT2D eigenvalue weighted by molar-refractivity contribution is 6.42. The first-order chi connectivity index (χ1) is 10.5. The first-order valence-corrected chi connectivity index (χ1v) is 8.19. The average Bonchev–Trinajstić information content (AvgIpc) is 2.50. The summed E-state index contributed by atoms with van der Waals surface area (Å²) in [7, 11) is 0. The zero-order valence-electron chi connectivity index (χ0n) is 12.2. The molecule has 120 valence electrons. The maximum atomic E-state index is 11.7. The average molecular weight is 344 g/mol. The number of rotatable bonds is 5. The molecule has 0 unspecified atom stereocenters. The molecule has 4 nitrogen and oxygen atoms in total. The van der Waals surface area contributed by atoms with Gasteiger partial charge in [-0.1, -0.05) is 48.5 Å². The minimum atomic E-state index is -0.461. The molecule has 0 spiro atoms. The summed E-state index contributed by atoms with van der Waals surface area (Å²) in [5.41, 5.74) is 0.701. The Morgan fingerprint density at radius 3 is 2.55 bits per heavy atom. The highest BCUT2D eigenvalue weighted by Crippen LogP contribution is 2.22. The Hall–Kier alpha value is -1.26. The summed E-state index contributed by atoms with van der Waals surface area (Å²) in [6, 6.07) is 5.17. The molecule has 0 saturated heterocycles. The fourth-order valence-corrected chi connectivity index (χ4v) is 2.85. The molecule has 22 heavy (non-hydrogen) atoms. The van der Waals surface area contributed by atoms with E-state index in [4.69, 9.17) is 27.9 Å². The molecule has 6 heteroatoms. The van der Waals surface area contributed by atoms with E-state index in [-0.39, 0.29) is 25.0 Å². The molecule has 0 heterocycles. The smallest absolute Gasteiger partial charge is 0.310 e. The number of nitrogens with one attached hydrogen (secondary N) is 1. The van der Waals surface area contributed by atoms with Gasteiger partial charge >= 0.3 is 5.97 Å². The number of esters is 1. The normalized spacial score (nSPS) is 15.4. The van der Waals surface area contributed by atoms with E-state index >= 15 is 0 Å². The predicted molar refractivity (Wildman–Crippen MR) is 86.1 cm³/mol. The van der Waals surface area contributed by atoms with E-state index in [9.17, 15) is 9.59 Å². The van der Waals surface area contributed by atoms with Crippen LogP contribution in [0.1, 0.15) is 37.7 Å². The number of ether oxygens (including phenoxy) is 1. The highest BCUT2D eigenvalue weighted by Gasteiger charge is 2.16. The Labute approximate surface area is 140 Å². The lowest BCUT2D eigenvalue weighted by atomic mass is 9.95. The van der Waals surface area contributed by atoms with Crippen molar-refractivity contribution in [2.45, 2.75) is 44.6 Å². The molecule has 1 saturated carbocycles. The van der Waals surface area contributed by atoms with Gasteiger partial charge in [-0.25, -0.2) is 0 Å². The van der Waals surface area contributed by atoms with Crippen LogP contribution >= 0.6 is 23.2 Å². The van der Waals surface area contributed by atoms with Crippen LogP contribution in [0.3, 0.4) is 0 Å². The quantitative estimate of drug-likeness (QED) is 0.832. The highest BCUT2D eigenvalue weighted by atomic mass is 35.5. The molecule has 1 aliphatic rings. The molecule has 0 aromatic heterocycles. The van der Waals surface area contributed by atoms with Crippen molar-refractivity contribution < 1.29 is 14.3 Å². The van der Waals surface area contributed by atoms with Crippen molar-refractivity contribution in [2.75, 3.05) is 6.61 Å². The number of hydrogen-bond donors (Lipinski definition) is 1. The van der Waals surface area contributed by atoms with Crippen LogP contribution in [-0.2, 0) is 20.7 Å². The molecule has 0 bridgehead atoms. The van der Waals surface area contributed by atoms with Crippen molar-refractivity contribution in [2.24, 2.45) is 0 Å². The van der Waals surface area contributed by atoms with Gasteiger partial charge < -0.3 is 10.1 Å². The first kappa shape index (κ1) is 17.1. The van der Waals surface area contributed by atoms with Crippen LogP contribution in [0.2, 0.25) is 10.0 Å². The minimum Gasteiger partial charge on any atom is -0.455 e. The molecular formula is C16H19Cl2NO3. The number of carbonyl (C=O) groups excluding carboxylic acids is 2. The molecule has 1 fully saturated rings. The lowest BCUT2D eigenvalue weighted by molar-refractivity contribution is -0.148. The molecule has 1 aliphatic carbocycles. The van der Waals surface area contributed by atoms with Crippen LogP contribution in [-0.4, -0.2) is 24.5 Å². The van der Waals surface area contributed by atoms with Crippen LogP contribution < -0.4 is 5.32 Å². The Morgan fingerprint density at radius 1 is 1.14 bits per heavy atom. The van der Waals surface area contributed by atoms with Crippen LogP contribution in [0.4, 0.5) is 0 Å². The van der Waals surface area contributed by atoms with E-state index in [1.807, 2.05) is 0 Å². The van der Waals surface area contributed by atoms with Gasteiger partial charge in [0.1, 0.15) is 0 Å². The molecule has 1 N–H and O–H groups in total. The molecule has 0 aliphatic heterocycles. The van der Waals surface area contributed by atoms with E-state index in [0.29, 0.717) is 15.6 Å². The van der Waals surface area contributed by atoms with Crippen LogP contribution in [0.15, 0.2) is 18.2 Å². The van der Waals surface area contributed by atoms with Crippen LogP contribution in [0.25, 0.3) is 0 Å². The van der Waals surface area contributed by atoms with Crippen molar-refractivity contribution in [3.63, 3.8) is 0 Å². The van der Waals surface area contributed by atoms with Gasteiger partial charge in [-0.05, 0) is 30.5 Å². The third-order valence-corrected chi connectivity index (χ3v) is 4.41. The summed E-state index contributed by atoms with van der Waals surface area (Å²) in [6.07, 6.45) is 5.58. The van der Waals surface area contributed by atoms with E-state index in [2.05, 4.69) is 5.32 Å². The molecule has 0 radical (unpaired) electrons. The molecule has 1 aromatic carbocycles. The Bertz CT molecular complexity index is 542. The van der Waals surface area contributed by atoms with E-state index in [0.717, 1.165) is 25.7 Å².